The summed E-state index contributed by atoms with van der Waals surface area (Å²) < 4.78 is 82.0. The molecule has 4 nitrogen and oxygen atoms in total. The number of methoxy groups -OCH3 is 1. The molecule has 0 aliphatic carbocycles. The van der Waals surface area contributed by atoms with Crippen LogP contribution in [0.15, 0.2) is 6.07 Å². The number of ether oxygens (including phenoxy) is 2. The van der Waals surface area contributed by atoms with Crippen LogP contribution in [0.2, 0.25) is 0 Å². The number of aromatic nitrogens is 1. The van der Waals surface area contributed by atoms with E-state index in [0.29, 0.717) is 0 Å². The predicted octanol–water partition coefficient (Wildman–Crippen LogP) is 2.77. The van der Waals surface area contributed by atoms with Crippen molar-refractivity contribution in [2.75, 3.05) is 7.11 Å². The Morgan fingerprint density at radius 3 is 2.45 bits per heavy atom. The van der Waals surface area contributed by atoms with Gasteiger partial charge in [-0.05, 0) is 0 Å². The first-order valence-corrected chi connectivity index (χ1v) is 4.94. The second-order valence-corrected chi connectivity index (χ2v) is 3.42. The van der Waals surface area contributed by atoms with Gasteiger partial charge in [0.05, 0.1) is 13.5 Å². The van der Waals surface area contributed by atoms with Crippen molar-refractivity contribution in [2.24, 2.45) is 0 Å². The highest BCUT2D eigenvalue weighted by molar-refractivity contribution is 5.73. The molecule has 1 heterocycles. The van der Waals surface area contributed by atoms with Crippen molar-refractivity contribution >= 4 is 5.97 Å². The Balaban J connectivity index is 3.22. The highest BCUT2D eigenvalue weighted by atomic mass is 19.4. The van der Waals surface area contributed by atoms with Gasteiger partial charge in [0.2, 0.25) is 11.8 Å². The number of hydrogen-bond donors (Lipinski definition) is 0. The molecule has 1 aromatic rings. The summed E-state index contributed by atoms with van der Waals surface area (Å²) in [5.41, 5.74) is -1.97. The van der Waals surface area contributed by atoms with Crippen molar-refractivity contribution in [3.8, 4) is 5.88 Å². The van der Waals surface area contributed by atoms with Gasteiger partial charge in [-0.15, -0.1) is 13.2 Å². The Bertz CT molecular complexity index is 503. The number of halogens is 6. The number of alkyl halides is 5. The molecule has 0 aromatic carbocycles. The maximum absolute atomic E-state index is 13.4. The van der Waals surface area contributed by atoms with Crippen LogP contribution in [0, 0.1) is 5.95 Å². The maximum atomic E-state index is 13.4. The van der Waals surface area contributed by atoms with Gasteiger partial charge >= 0.3 is 12.3 Å². The summed E-state index contributed by atoms with van der Waals surface area (Å²) in [5.74, 6) is -4.08. The molecule has 0 spiro atoms. The minimum absolute atomic E-state index is 0.222. The number of esters is 1. The average Bonchev–Trinajstić information content (AvgIpc) is 2.29. The van der Waals surface area contributed by atoms with E-state index >= 15 is 0 Å². The van der Waals surface area contributed by atoms with Crippen LogP contribution in [0.3, 0.4) is 0 Å². The van der Waals surface area contributed by atoms with Crippen molar-refractivity contribution in [1.29, 1.82) is 0 Å². The van der Waals surface area contributed by atoms with E-state index in [1.807, 2.05) is 0 Å². The molecule has 20 heavy (non-hydrogen) atoms. The Hall–Kier alpha value is -2.00. The lowest BCUT2D eigenvalue weighted by molar-refractivity contribution is -0.276. The van der Waals surface area contributed by atoms with Crippen molar-refractivity contribution < 1.29 is 40.6 Å². The number of hydrogen-bond acceptors (Lipinski definition) is 4. The van der Waals surface area contributed by atoms with Crippen molar-refractivity contribution in [2.45, 2.75) is 19.2 Å². The largest absolute Gasteiger partial charge is 0.574 e. The molecule has 0 amide bonds. The second kappa shape index (κ2) is 5.97. The molecule has 0 fully saturated rings. The first kappa shape index (κ1) is 16.1. The highest BCUT2D eigenvalue weighted by Crippen LogP contribution is 2.30. The topological polar surface area (TPSA) is 48.4 Å². The van der Waals surface area contributed by atoms with Gasteiger partial charge in [0.25, 0.3) is 6.43 Å². The van der Waals surface area contributed by atoms with Crippen molar-refractivity contribution in [1.82, 2.24) is 4.98 Å². The summed E-state index contributed by atoms with van der Waals surface area (Å²) in [4.78, 5) is 13.7. The molecule has 0 saturated heterocycles. The minimum Gasteiger partial charge on any atom is -0.469 e. The van der Waals surface area contributed by atoms with E-state index in [2.05, 4.69) is 14.5 Å². The van der Waals surface area contributed by atoms with Crippen LogP contribution >= 0.6 is 0 Å². The number of pyridine rings is 1. The SMILES string of the molecule is COC(=O)Cc1c(C(F)F)cc(OC(F)(F)F)nc1F. The summed E-state index contributed by atoms with van der Waals surface area (Å²) in [6, 6.07) is 0.222. The lowest BCUT2D eigenvalue weighted by Gasteiger charge is -2.13. The number of nitrogens with zero attached hydrogens (tertiary/aromatic N) is 1. The molecule has 1 aromatic heterocycles. The second-order valence-electron chi connectivity index (χ2n) is 3.42. The molecule has 112 valence electrons. The van der Waals surface area contributed by atoms with E-state index in [1.54, 1.807) is 0 Å². The summed E-state index contributed by atoms with van der Waals surface area (Å²) in [7, 11) is 0.941. The fourth-order valence-corrected chi connectivity index (χ4v) is 1.29. The van der Waals surface area contributed by atoms with E-state index in [1.165, 1.54) is 0 Å². The van der Waals surface area contributed by atoms with Gasteiger partial charge in [-0.2, -0.15) is 9.37 Å². The van der Waals surface area contributed by atoms with Crippen LogP contribution < -0.4 is 4.74 Å². The Morgan fingerprint density at radius 1 is 1.40 bits per heavy atom. The van der Waals surface area contributed by atoms with E-state index < -0.39 is 48.1 Å². The van der Waals surface area contributed by atoms with E-state index in [4.69, 9.17) is 0 Å². The van der Waals surface area contributed by atoms with Crippen LogP contribution in [-0.2, 0) is 16.0 Å². The quantitative estimate of drug-likeness (QED) is 0.487. The zero-order chi connectivity index (χ0) is 15.5. The third-order valence-electron chi connectivity index (χ3n) is 2.09. The molecule has 0 unspecified atom stereocenters. The monoisotopic (exact) mass is 303 g/mol. The smallest absolute Gasteiger partial charge is 0.469 e. The molecule has 0 bridgehead atoms. The van der Waals surface area contributed by atoms with Crippen LogP contribution in [0.25, 0.3) is 0 Å². The molecular weight excluding hydrogens is 296 g/mol. The van der Waals surface area contributed by atoms with Gasteiger partial charge in [0.15, 0.2) is 0 Å². The van der Waals surface area contributed by atoms with Gasteiger partial charge in [0, 0.05) is 17.2 Å². The third-order valence-corrected chi connectivity index (χ3v) is 2.09. The van der Waals surface area contributed by atoms with E-state index in [-0.39, 0.29) is 6.07 Å². The molecule has 0 radical (unpaired) electrons. The third kappa shape index (κ3) is 4.28. The minimum atomic E-state index is -5.21. The Kier molecular flexibility index (Phi) is 4.79. The first-order chi connectivity index (χ1) is 9.14. The van der Waals surface area contributed by atoms with Gasteiger partial charge in [-0.25, -0.2) is 8.78 Å². The standard InChI is InChI=1S/C10H7F6NO3/c1-19-7(18)3-5-4(8(11)12)2-6(17-9(5)13)20-10(14,15)16/h2,8H,3H2,1H3. The fourth-order valence-electron chi connectivity index (χ4n) is 1.29. The lowest BCUT2D eigenvalue weighted by Crippen LogP contribution is -2.19. The van der Waals surface area contributed by atoms with Crippen LogP contribution in [0.1, 0.15) is 17.6 Å². The Morgan fingerprint density at radius 2 is 2.00 bits per heavy atom. The summed E-state index contributed by atoms with van der Waals surface area (Å²) in [6.45, 7) is 0. The normalized spacial score (nSPS) is 11.6. The predicted molar refractivity (Wildman–Crippen MR) is 51.6 cm³/mol. The summed E-state index contributed by atoms with van der Waals surface area (Å²) in [5, 5.41) is 0. The average molecular weight is 303 g/mol. The highest BCUT2D eigenvalue weighted by Gasteiger charge is 2.33. The van der Waals surface area contributed by atoms with Gasteiger partial charge in [0.1, 0.15) is 0 Å². The van der Waals surface area contributed by atoms with E-state index in [9.17, 15) is 31.1 Å². The zero-order valence-electron chi connectivity index (χ0n) is 9.80. The molecule has 0 atom stereocenters. The zero-order valence-corrected chi connectivity index (χ0v) is 9.80. The van der Waals surface area contributed by atoms with Crippen molar-refractivity contribution in [3.05, 3.63) is 23.1 Å². The molecule has 0 aliphatic heterocycles. The Labute approximate surface area is 108 Å². The fraction of sp³-hybridized carbons (Fsp3) is 0.400. The summed E-state index contributed by atoms with van der Waals surface area (Å²) >= 11 is 0. The summed E-state index contributed by atoms with van der Waals surface area (Å²) in [6.07, 6.45) is -9.41. The van der Waals surface area contributed by atoms with E-state index in [0.717, 1.165) is 7.11 Å². The maximum Gasteiger partial charge on any atom is 0.574 e. The van der Waals surface area contributed by atoms with Gasteiger partial charge in [-0.3, -0.25) is 4.79 Å². The van der Waals surface area contributed by atoms with Crippen LogP contribution in [-0.4, -0.2) is 24.4 Å². The van der Waals surface area contributed by atoms with Crippen molar-refractivity contribution in [3.63, 3.8) is 0 Å². The van der Waals surface area contributed by atoms with Crippen LogP contribution in [0.4, 0.5) is 26.3 Å². The first-order valence-electron chi connectivity index (χ1n) is 4.94. The van der Waals surface area contributed by atoms with Crippen LogP contribution in [0.5, 0.6) is 5.88 Å². The molecule has 0 saturated carbocycles. The molecular formula is C10H7F6NO3. The van der Waals surface area contributed by atoms with Gasteiger partial charge < -0.3 is 9.47 Å². The molecule has 10 heteroatoms. The number of rotatable bonds is 4. The molecule has 0 aliphatic rings. The number of carbonyl (C=O) groups excluding carboxylic acids is 1. The molecule has 1 rings (SSSR count). The lowest BCUT2D eigenvalue weighted by atomic mass is 10.1. The number of carbonyl (C=O) groups is 1. The van der Waals surface area contributed by atoms with Gasteiger partial charge in [-0.1, -0.05) is 0 Å². The molecule has 0 N–H and O–H groups in total.